The van der Waals surface area contributed by atoms with Crippen molar-refractivity contribution in [2.75, 3.05) is 7.11 Å². The normalized spacial score (nSPS) is 14.8. The Balaban J connectivity index is 1.71. The van der Waals surface area contributed by atoms with Crippen LogP contribution in [0.2, 0.25) is 0 Å². The molecule has 31 heavy (non-hydrogen) atoms. The molecule has 0 amide bonds. The molecule has 0 radical (unpaired) electrons. The second kappa shape index (κ2) is 8.54. The van der Waals surface area contributed by atoms with Gasteiger partial charge in [0, 0.05) is 16.1 Å². The Bertz CT molecular complexity index is 1250. The minimum atomic E-state index is -0.559. The van der Waals surface area contributed by atoms with Crippen molar-refractivity contribution >= 4 is 21.9 Å². The van der Waals surface area contributed by atoms with E-state index in [2.05, 4.69) is 22.0 Å². The number of methoxy groups -OCH3 is 1. The van der Waals surface area contributed by atoms with Crippen molar-refractivity contribution in [1.29, 1.82) is 5.26 Å². The number of ether oxygens (including phenoxy) is 3. The molecule has 0 aromatic heterocycles. The molecule has 1 heterocycles. The van der Waals surface area contributed by atoms with E-state index in [4.69, 9.17) is 19.9 Å². The quantitative estimate of drug-likeness (QED) is 0.425. The van der Waals surface area contributed by atoms with Crippen LogP contribution >= 0.6 is 15.9 Å². The third kappa shape index (κ3) is 3.86. The van der Waals surface area contributed by atoms with Crippen LogP contribution in [0.15, 0.2) is 82.7 Å². The molecule has 6 nitrogen and oxygen atoms in total. The molecule has 0 saturated heterocycles. The number of carbonyl (C=O) groups excluding carboxylic acids is 1. The van der Waals surface area contributed by atoms with E-state index in [1.54, 1.807) is 42.5 Å². The molecule has 2 N–H and O–H groups in total. The molecular formula is C24H17BrN2O4. The van der Waals surface area contributed by atoms with Crippen LogP contribution < -0.4 is 19.9 Å². The highest BCUT2D eigenvalue weighted by Gasteiger charge is 2.32. The molecule has 3 aromatic rings. The fraction of sp³-hybridized carbons (Fsp3) is 0.0833. The fourth-order valence-corrected chi connectivity index (χ4v) is 4.02. The van der Waals surface area contributed by atoms with E-state index in [0.717, 1.165) is 15.6 Å². The summed E-state index contributed by atoms with van der Waals surface area (Å²) >= 11 is 3.55. The Morgan fingerprint density at radius 3 is 2.58 bits per heavy atom. The van der Waals surface area contributed by atoms with Gasteiger partial charge in [-0.2, -0.15) is 5.26 Å². The predicted molar refractivity (Wildman–Crippen MR) is 118 cm³/mol. The lowest BCUT2D eigenvalue weighted by atomic mass is 9.83. The first kappa shape index (κ1) is 20.5. The number of hydrogen-bond acceptors (Lipinski definition) is 6. The lowest BCUT2D eigenvalue weighted by molar-refractivity contribution is 0.0731. The largest absolute Gasteiger partial charge is 0.496 e. The number of nitriles is 1. The highest BCUT2D eigenvalue weighted by Crippen LogP contribution is 2.45. The summed E-state index contributed by atoms with van der Waals surface area (Å²) in [6.07, 6.45) is 0. The van der Waals surface area contributed by atoms with Crippen LogP contribution in [0.3, 0.4) is 0 Å². The molecule has 154 valence electrons. The van der Waals surface area contributed by atoms with Crippen LogP contribution in [0.1, 0.15) is 27.4 Å². The fourth-order valence-electron chi connectivity index (χ4n) is 3.50. The Hall–Kier alpha value is -3.76. The van der Waals surface area contributed by atoms with Crippen LogP contribution in [0, 0.1) is 11.3 Å². The van der Waals surface area contributed by atoms with Crippen molar-refractivity contribution < 1.29 is 19.0 Å². The van der Waals surface area contributed by atoms with Crippen molar-refractivity contribution in [3.8, 4) is 23.3 Å². The van der Waals surface area contributed by atoms with Gasteiger partial charge >= 0.3 is 5.97 Å². The third-order valence-electron chi connectivity index (χ3n) is 4.94. The molecule has 0 saturated carbocycles. The van der Waals surface area contributed by atoms with E-state index in [1.807, 2.05) is 24.3 Å². The Morgan fingerprint density at radius 2 is 1.84 bits per heavy atom. The van der Waals surface area contributed by atoms with Crippen LogP contribution in [0.5, 0.6) is 17.2 Å². The zero-order chi connectivity index (χ0) is 22.0. The van der Waals surface area contributed by atoms with E-state index >= 15 is 0 Å². The highest BCUT2D eigenvalue weighted by molar-refractivity contribution is 9.10. The lowest BCUT2D eigenvalue weighted by Crippen LogP contribution is -2.21. The first-order valence-electron chi connectivity index (χ1n) is 9.34. The summed E-state index contributed by atoms with van der Waals surface area (Å²) in [6, 6.07) is 21.6. The molecule has 0 bridgehead atoms. The maximum atomic E-state index is 12.6. The number of halogens is 1. The third-order valence-corrected chi connectivity index (χ3v) is 5.67. The van der Waals surface area contributed by atoms with Gasteiger partial charge < -0.3 is 19.9 Å². The maximum absolute atomic E-state index is 12.6. The second-order valence-corrected chi connectivity index (χ2v) is 7.59. The average Bonchev–Trinajstić information content (AvgIpc) is 2.78. The molecule has 1 aliphatic rings. The molecule has 1 atom stereocenters. The topological polar surface area (TPSA) is 94.6 Å². The number of benzene rings is 3. The predicted octanol–water partition coefficient (Wildman–Crippen LogP) is 4.90. The first-order valence-corrected chi connectivity index (χ1v) is 10.1. The molecule has 3 aromatic carbocycles. The summed E-state index contributed by atoms with van der Waals surface area (Å²) in [4.78, 5) is 12.6. The summed E-state index contributed by atoms with van der Waals surface area (Å²) < 4.78 is 17.3. The Kier molecular flexibility index (Phi) is 5.65. The molecule has 1 aliphatic heterocycles. The highest BCUT2D eigenvalue weighted by atomic mass is 79.9. The van der Waals surface area contributed by atoms with Crippen molar-refractivity contribution in [2.24, 2.45) is 5.73 Å². The lowest BCUT2D eigenvalue weighted by Gasteiger charge is -2.27. The van der Waals surface area contributed by atoms with Gasteiger partial charge in [0.25, 0.3) is 0 Å². The van der Waals surface area contributed by atoms with Gasteiger partial charge in [-0.25, -0.2) is 4.79 Å². The standard InChI is InChI=1S/C24H17BrN2O4/c1-29-20-9-5-3-7-17(20)24(28)30-14-10-11-16-21(12-14)31-23(27)18(13-26)22(16)15-6-2-4-8-19(15)25/h2-12,22H,27H2,1H3. The van der Waals surface area contributed by atoms with Crippen LogP contribution in [0.4, 0.5) is 0 Å². The number of nitrogens with two attached hydrogens (primary N) is 1. The molecule has 1 unspecified atom stereocenters. The van der Waals surface area contributed by atoms with Crippen molar-refractivity contribution in [2.45, 2.75) is 5.92 Å². The maximum Gasteiger partial charge on any atom is 0.347 e. The van der Waals surface area contributed by atoms with Gasteiger partial charge in [-0.1, -0.05) is 52.3 Å². The number of nitrogens with zero attached hydrogens (tertiary/aromatic N) is 1. The van der Waals surface area contributed by atoms with Gasteiger partial charge in [0.1, 0.15) is 34.5 Å². The second-order valence-electron chi connectivity index (χ2n) is 6.74. The zero-order valence-electron chi connectivity index (χ0n) is 16.5. The average molecular weight is 477 g/mol. The van der Waals surface area contributed by atoms with E-state index in [1.165, 1.54) is 7.11 Å². The van der Waals surface area contributed by atoms with Crippen LogP contribution in [-0.4, -0.2) is 13.1 Å². The smallest absolute Gasteiger partial charge is 0.347 e. The van der Waals surface area contributed by atoms with Crippen LogP contribution in [0.25, 0.3) is 0 Å². The van der Waals surface area contributed by atoms with Crippen LogP contribution in [-0.2, 0) is 0 Å². The molecule has 0 spiro atoms. The van der Waals surface area contributed by atoms with Crippen molar-refractivity contribution in [1.82, 2.24) is 0 Å². The molecule has 4 rings (SSSR count). The number of carbonyl (C=O) groups is 1. The summed E-state index contributed by atoms with van der Waals surface area (Å²) in [5.41, 5.74) is 8.31. The van der Waals surface area contributed by atoms with E-state index in [0.29, 0.717) is 22.6 Å². The zero-order valence-corrected chi connectivity index (χ0v) is 18.0. The Labute approximate surface area is 187 Å². The molecule has 0 fully saturated rings. The van der Waals surface area contributed by atoms with Crippen molar-refractivity contribution in [3.05, 3.63) is 99.3 Å². The molecular weight excluding hydrogens is 460 g/mol. The van der Waals surface area contributed by atoms with Gasteiger partial charge in [0.05, 0.1) is 13.0 Å². The number of esters is 1. The first-order chi connectivity index (χ1) is 15.0. The number of rotatable bonds is 4. The number of para-hydroxylation sites is 1. The molecule has 0 aliphatic carbocycles. The SMILES string of the molecule is COc1ccccc1C(=O)Oc1ccc2c(c1)OC(N)=C(C#N)C2c1ccccc1Br. The van der Waals surface area contributed by atoms with Gasteiger partial charge in [-0.15, -0.1) is 0 Å². The molecule has 7 heteroatoms. The van der Waals surface area contributed by atoms with E-state index < -0.39 is 11.9 Å². The summed E-state index contributed by atoms with van der Waals surface area (Å²) in [5, 5.41) is 9.69. The van der Waals surface area contributed by atoms with Gasteiger partial charge in [-0.05, 0) is 29.8 Å². The number of allylic oxidation sites excluding steroid dienone is 1. The summed E-state index contributed by atoms with van der Waals surface area (Å²) in [5.74, 6) is 0.168. The Morgan fingerprint density at radius 1 is 1.10 bits per heavy atom. The minimum absolute atomic E-state index is 0.0176. The van der Waals surface area contributed by atoms with E-state index in [9.17, 15) is 10.1 Å². The summed E-state index contributed by atoms with van der Waals surface area (Å²) in [6.45, 7) is 0. The van der Waals surface area contributed by atoms with E-state index in [-0.39, 0.29) is 11.6 Å². The van der Waals surface area contributed by atoms with Gasteiger partial charge in [0.2, 0.25) is 5.88 Å². The van der Waals surface area contributed by atoms with Gasteiger partial charge in [0.15, 0.2) is 0 Å². The van der Waals surface area contributed by atoms with Crippen molar-refractivity contribution in [3.63, 3.8) is 0 Å². The van der Waals surface area contributed by atoms with Gasteiger partial charge in [-0.3, -0.25) is 0 Å². The monoisotopic (exact) mass is 476 g/mol. The number of hydrogen-bond donors (Lipinski definition) is 1. The summed E-state index contributed by atoms with van der Waals surface area (Å²) in [7, 11) is 1.49. The minimum Gasteiger partial charge on any atom is -0.496 e. The number of fused-ring (bicyclic) bond motifs is 1.